The Balaban J connectivity index is 2.17. The molecule has 0 radical (unpaired) electrons. The van der Waals surface area contributed by atoms with E-state index in [0.717, 1.165) is 26.7 Å². The Labute approximate surface area is 179 Å². The van der Waals surface area contributed by atoms with Crippen LogP contribution in [0.4, 0.5) is 5.69 Å². The Morgan fingerprint density at radius 3 is 2.33 bits per heavy atom. The summed E-state index contributed by atoms with van der Waals surface area (Å²) in [5, 5.41) is 6.12. The number of aryl methyl sites for hydroxylation is 2. The number of nitrogens with zero attached hydrogens (tertiary/aromatic N) is 1. The van der Waals surface area contributed by atoms with Gasteiger partial charge in [-0.2, -0.15) is 0 Å². The van der Waals surface area contributed by atoms with Crippen molar-refractivity contribution in [1.29, 1.82) is 0 Å². The van der Waals surface area contributed by atoms with Gasteiger partial charge in [0.05, 0.1) is 18.0 Å². The zero-order chi connectivity index (χ0) is 22.6. The maximum absolute atomic E-state index is 12.8. The maximum atomic E-state index is 12.8. The molecule has 0 saturated carbocycles. The number of hydrogen-bond donors (Lipinski definition) is 2. The molecule has 2 aromatic carbocycles. The Morgan fingerprint density at radius 2 is 1.73 bits per heavy atom. The van der Waals surface area contributed by atoms with E-state index in [1.54, 1.807) is 20.1 Å². The van der Waals surface area contributed by atoms with Gasteiger partial charge < -0.3 is 10.1 Å². The SMILES string of the molecule is COc1ccc(C)cc1[C@H](C)N[C@H](C)C(=O)Nc1cc(S(=O)(=O)N(C)C)ccc1C. The maximum Gasteiger partial charge on any atom is 0.242 e. The van der Waals surface area contributed by atoms with Gasteiger partial charge >= 0.3 is 0 Å². The number of amides is 1. The van der Waals surface area contributed by atoms with Crippen molar-refractivity contribution >= 4 is 21.6 Å². The van der Waals surface area contributed by atoms with E-state index in [2.05, 4.69) is 10.6 Å². The van der Waals surface area contributed by atoms with Crippen LogP contribution >= 0.6 is 0 Å². The molecule has 8 heteroatoms. The van der Waals surface area contributed by atoms with E-state index < -0.39 is 16.1 Å². The van der Waals surface area contributed by atoms with Gasteiger partial charge in [-0.1, -0.05) is 23.8 Å². The molecule has 164 valence electrons. The third-order valence-electron chi connectivity index (χ3n) is 4.99. The Bertz CT molecular complexity index is 1020. The molecule has 0 fully saturated rings. The number of carbonyl (C=O) groups excluding carboxylic acids is 1. The van der Waals surface area contributed by atoms with E-state index in [1.807, 2.05) is 39.0 Å². The first-order chi connectivity index (χ1) is 14.0. The third-order valence-corrected chi connectivity index (χ3v) is 6.80. The van der Waals surface area contributed by atoms with Crippen LogP contribution in [-0.2, 0) is 14.8 Å². The van der Waals surface area contributed by atoms with Crippen molar-refractivity contribution in [2.24, 2.45) is 0 Å². The highest BCUT2D eigenvalue weighted by Crippen LogP contribution is 2.27. The largest absolute Gasteiger partial charge is 0.496 e. The molecule has 2 N–H and O–H groups in total. The predicted molar refractivity (Wildman–Crippen MR) is 119 cm³/mol. The van der Waals surface area contributed by atoms with Crippen molar-refractivity contribution in [3.63, 3.8) is 0 Å². The van der Waals surface area contributed by atoms with Crippen molar-refractivity contribution in [3.8, 4) is 5.75 Å². The highest BCUT2D eigenvalue weighted by molar-refractivity contribution is 7.89. The number of sulfonamides is 1. The van der Waals surface area contributed by atoms with Gasteiger partial charge in [-0.3, -0.25) is 10.1 Å². The minimum Gasteiger partial charge on any atom is -0.496 e. The summed E-state index contributed by atoms with van der Waals surface area (Å²) in [5.74, 6) is 0.501. The predicted octanol–water partition coefficient (Wildman–Crippen LogP) is 3.24. The monoisotopic (exact) mass is 433 g/mol. The zero-order valence-corrected chi connectivity index (χ0v) is 19.4. The Morgan fingerprint density at radius 1 is 1.07 bits per heavy atom. The molecule has 0 aliphatic rings. The first-order valence-corrected chi connectivity index (χ1v) is 11.2. The lowest BCUT2D eigenvalue weighted by molar-refractivity contribution is -0.117. The zero-order valence-electron chi connectivity index (χ0n) is 18.6. The molecule has 2 aromatic rings. The molecule has 0 saturated heterocycles. The molecular formula is C22H31N3O4S. The fourth-order valence-electron chi connectivity index (χ4n) is 3.08. The summed E-state index contributed by atoms with van der Waals surface area (Å²) in [6.45, 7) is 7.56. The van der Waals surface area contributed by atoms with Crippen LogP contribution in [-0.4, -0.2) is 45.9 Å². The second-order valence-corrected chi connectivity index (χ2v) is 9.76. The molecular weight excluding hydrogens is 402 g/mol. The fraction of sp³-hybridized carbons (Fsp3) is 0.409. The van der Waals surface area contributed by atoms with Crippen LogP contribution < -0.4 is 15.4 Å². The smallest absolute Gasteiger partial charge is 0.242 e. The molecule has 2 atom stereocenters. The first-order valence-electron chi connectivity index (χ1n) is 9.72. The van der Waals surface area contributed by atoms with E-state index in [-0.39, 0.29) is 16.8 Å². The highest BCUT2D eigenvalue weighted by Gasteiger charge is 2.21. The average molecular weight is 434 g/mol. The summed E-state index contributed by atoms with van der Waals surface area (Å²) in [4.78, 5) is 12.9. The number of nitrogens with one attached hydrogen (secondary N) is 2. The highest BCUT2D eigenvalue weighted by atomic mass is 32.2. The number of carbonyl (C=O) groups is 1. The molecule has 0 aliphatic carbocycles. The third kappa shape index (κ3) is 5.38. The number of benzene rings is 2. The van der Waals surface area contributed by atoms with Crippen molar-refractivity contribution in [1.82, 2.24) is 9.62 Å². The molecule has 0 unspecified atom stereocenters. The minimum atomic E-state index is -3.59. The first kappa shape index (κ1) is 23.9. The standard InChI is InChI=1S/C22H31N3O4S/c1-14-8-11-21(29-7)19(12-14)16(3)23-17(4)22(26)24-20-13-18(10-9-15(20)2)30(27,28)25(5)6/h8-13,16-17,23H,1-7H3,(H,24,26)/t16-,17+/m0/s1. The summed E-state index contributed by atoms with van der Waals surface area (Å²) in [7, 11) is 0.978. The lowest BCUT2D eigenvalue weighted by atomic mass is 10.0. The summed E-state index contributed by atoms with van der Waals surface area (Å²) >= 11 is 0. The molecule has 0 bridgehead atoms. The summed E-state index contributed by atoms with van der Waals surface area (Å²) in [6.07, 6.45) is 0. The van der Waals surface area contributed by atoms with Crippen LogP contribution in [0.5, 0.6) is 5.75 Å². The van der Waals surface area contributed by atoms with E-state index in [9.17, 15) is 13.2 Å². The summed E-state index contributed by atoms with van der Waals surface area (Å²) < 4.78 is 31.4. The van der Waals surface area contributed by atoms with Gasteiger partial charge in [0.15, 0.2) is 0 Å². The van der Waals surface area contributed by atoms with Crippen LogP contribution in [0, 0.1) is 13.8 Å². The normalized spacial score (nSPS) is 13.7. The van der Waals surface area contributed by atoms with Gasteiger partial charge in [-0.05, 0) is 51.5 Å². The lowest BCUT2D eigenvalue weighted by Crippen LogP contribution is -2.39. The molecule has 0 aliphatic heterocycles. The molecule has 7 nitrogen and oxygen atoms in total. The lowest BCUT2D eigenvalue weighted by Gasteiger charge is -2.22. The Kier molecular flexibility index (Phi) is 7.63. The second-order valence-electron chi connectivity index (χ2n) is 7.61. The van der Waals surface area contributed by atoms with Crippen LogP contribution in [0.2, 0.25) is 0 Å². The van der Waals surface area contributed by atoms with Crippen LogP contribution in [0.15, 0.2) is 41.3 Å². The van der Waals surface area contributed by atoms with Gasteiger partial charge in [0.2, 0.25) is 15.9 Å². The number of ether oxygens (including phenoxy) is 1. The van der Waals surface area contributed by atoms with Crippen molar-refractivity contribution in [2.75, 3.05) is 26.5 Å². The van der Waals surface area contributed by atoms with Gasteiger partial charge in [-0.15, -0.1) is 0 Å². The molecule has 30 heavy (non-hydrogen) atoms. The van der Waals surface area contributed by atoms with Gasteiger partial charge in [0, 0.05) is 31.4 Å². The van der Waals surface area contributed by atoms with E-state index in [1.165, 1.54) is 26.2 Å². The Hall–Kier alpha value is -2.42. The van der Waals surface area contributed by atoms with Crippen molar-refractivity contribution in [2.45, 2.75) is 44.7 Å². The topological polar surface area (TPSA) is 87.7 Å². The number of methoxy groups -OCH3 is 1. The molecule has 0 aromatic heterocycles. The van der Waals surface area contributed by atoms with Crippen LogP contribution in [0.3, 0.4) is 0 Å². The van der Waals surface area contributed by atoms with E-state index in [0.29, 0.717) is 5.69 Å². The fourth-order valence-corrected chi connectivity index (χ4v) is 4.01. The minimum absolute atomic E-state index is 0.123. The molecule has 0 spiro atoms. The van der Waals surface area contributed by atoms with Crippen molar-refractivity contribution in [3.05, 3.63) is 53.1 Å². The van der Waals surface area contributed by atoms with Crippen molar-refractivity contribution < 1.29 is 17.9 Å². The number of rotatable bonds is 8. The molecule has 0 heterocycles. The number of hydrogen-bond acceptors (Lipinski definition) is 5. The average Bonchev–Trinajstić information content (AvgIpc) is 2.69. The van der Waals surface area contributed by atoms with Crippen LogP contribution in [0.1, 0.15) is 36.6 Å². The van der Waals surface area contributed by atoms with E-state index >= 15 is 0 Å². The van der Waals surface area contributed by atoms with Gasteiger partial charge in [0.1, 0.15) is 5.75 Å². The quantitative estimate of drug-likeness (QED) is 0.667. The molecule has 1 amide bonds. The summed E-state index contributed by atoms with van der Waals surface area (Å²) in [6, 6.07) is 9.98. The summed E-state index contributed by atoms with van der Waals surface area (Å²) in [5.41, 5.74) is 3.32. The van der Waals surface area contributed by atoms with E-state index in [4.69, 9.17) is 4.74 Å². The van der Waals surface area contributed by atoms with Gasteiger partial charge in [0.25, 0.3) is 0 Å². The number of anilines is 1. The van der Waals surface area contributed by atoms with Crippen LogP contribution in [0.25, 0.3) is 0 Å². The molecule has 2 rings (SSSR count). The van der Waals surface area contributed by atoms with Gasteiger partial charge in [-0.25, -0.2) is 12.7 Å². The second kappa shape index (κ2) is 9.59.